The van der Waals surface area contributed by atoms with Crippen LogP contribution in [0.3, 0.4) is 0 Å². The third-order valence-electron chi connectivity index (χ3n) is 4.53. The monoisotopic (exact) mass is 393 g/mol. The lowest BCUT2D eigenvalue weighted by Gasteiger charge is -2.08. The zero-order chi connectivity index (χ0) is 20.4. The largest absolute Gasteiger partial charge is 0.493 e. The molecule has 0 aliphatic carbocycles. The van der Waals surface area contributed by atoms with E-state index in [0.29, 0.717) is 12.3 Å². The van der Waals surface area contributed by atoms with Gasteiger partial charge in [0.15, 0.2) is 5.65 Å². The number of nitrogens with one attached hydrogen (secondary N) is 1. The van der Waals surface area contributed by atoms with Gasteiger partial charge < -0.3 is 14.4 Å². The Morgan fingerprint density at radius 3 is 2.69 bits per heavy atom. The molecular formula is C20H19N5O4. The number of hydrogen-bond acceptors (Lipinski definition) is 6. The first-order chi connectivity index (χ1) is 14.0. The molecule has 3 heterocycles. The number of amides is 1. The van der Waals surface area contributed by atoms with Gasteiger partial charge in [0.25, 0.3) is 5.95 Å². The molecule has 0 radical (unpaired) electrons. The molecule has 0 saturated carbocycles. The second-order valence-corrected chi connectivity index (χ2v) is 6.47. The Morgan fingerprint density at radius 1 is 1.21 bits per heavy atom. The van der Waals surface area contributed by atoms with Crippen molar-refractivity contribution in [3.05, 3.63) is 59.5 Å². The topological polar surface area (TPSA) is 115 Å². The number of rotatable bonds is 6. The fourth-order valence-electron chi connectivity index (χ4n) is 3.12. The molecule has 2 N–H and O–H groups in total. The van der Waals surface area contributed by atoms with Crippen LogP contribution in [0.5, 0.6) is 5.75 Å². The molecular weight excluding hydrogens is 374 g/mol. The molecule has 148 valence electrons. The van der Waals surface area contributed by atoms with Crippen LogP contribution in [0.4, 0.5) is 10.7 Å². The Hall–Kier alpha value is -3.88. The van der Waals surface area contributed by atoms with E-state index in [-0.39, 0.29) is 5.95 Å². The van der Waals surface area contributed by atoms with E-state index in [9.17, 15) is 4.79 Å². The van der Waals surface area contributed by atoms with Gasteiger partial charge in [-0.3, -0.25) is 5.32 Å². The molecule has 9 heteroatoms. The summed E-state index contributed by atoms with van der Waals surface area (Å²) >= 11 is 0. The molecule has 0 atom stereocenters. The SMILES string of the molecule is Cc1noc(C)c1CCOc1ccc(-c2cccc3nc(NC(=O)O)nn23)cc1. The summed E-state index contributed by atoms with van der Waals surface area (Å²) in [7, 11) is 0. The van der Waals surface area contributed by atoms with Crippen molar-refractivity contribution < 1.29 is 19.2 Å². The summed E-state index contributed by atoms with van der Waals surface area (Å²) in [6, 6.07) is 13.1. The summed E-state index contributed by atoms with van der Waals surface area (Å²) in [6.07, 6.45) is -0.485. The number of hydrogen-bond donors (Lipinski definition) is 2. The number of anilines is 1. The first-order valence-corrected chi connectivity index (χ1v) is 9.02. The average Bonchev–Trinajstić information content (AvgIpc) is 3.25. The highest BCUT2D eigenvalue weighted by molar-refractivity contribution is 5.80. The molecule has 1 aromatic carbocycles. The smallest absolute Gasteiger partial charge is 0.411 e. The van der Waals surface area contributed by atoms with E-state index >= 15 is 0 Å². The standard InChI is InChI=1S/C20H19N5O4/c1-12-16(13(2)29-24-12)10-11-28-15-8-6-14(7-9-15)17-4-3-5-18-21-19(22-20(26)27)23-25(17)18/h3-9H,10-11H2,1-2H3,(H,22,23)(H,26,27). The third-order valence-corrected chi connectivity index (χ3v) is 4.53. The number of fused-ring (bicyclic) bond motifs is 1. The Morgan fingerprint density at radius 2 is 2.00 bits per heavy atom. The zero-order valence-corrected chi connectivity index (χ0v) is 15.9. The van der Waals surface area contributed by atoms with Crippen molar-refractivity contribution in [2.24, 2.45) is 0 Å². The van der Waals surface area contributed by atoms with Gasteiger partial charge in [0.2, 0.25) is 0 Å². The highest BCUT2D eigenvalue weighted by Crippen LogP contribution is 2.24. The van der Waals surface area contributed by atoms with E-state index in [2.05, 4.69) is 20.6 Å². The molecule has 3 aromatic heterocycles. The highest BCUT2D eigenvalue weighted by atomic mass is 16.5. The minimum Gasteiger partial charge on any atom is -0.493 e. The summed E-state index contributed by atoms with van der Waals surface area (Å²) in [6.45, 7) is 4.33. The van der Waals surface area contributed by atoms with Crippen LogP contribution in [-0.2, 0) is 6.42 Å². The highest BCUT2D eigenvalue weighted by Gasteiger charge is 2.11. The molecule has 4 aromatic rings. The van der Waals surface area contributed by atoms with Crippen LogP contribution in [0.2, 0.25) is 0 Å². The van der Waals surface area contributed by atoms with Gasteiger partial charge in [-0.25, -0.2) is 9.31 Å². The van der Waals surface area contributed by atoms with Crippen LogP contribution in [0.25, 0.3) is 16.9 Å². The average molecular weight is 393 g/mol. The summed E-state index contributed by atoms with van der Waals surface area (Å²) in [4.78, 5) is 15.0. The number of aromatic nitrogens is 4. The zero-order valence-electron chi connectivity index (χ0n) is 15.9. The van der Waals surface area contributed by atoms with Gasteiger partial charge in [0.05, 0.1) is 18.0 Å². The summed E-state index contributed by atoms with van der Waals surface area (Å²) < 4.78 is 12.6. The van der Waals surface area contributed by atoms with Crippen LogP contribution < -0.4 is 10.1 Å². The third kappa shape index (κ3) is 3.88. The van der Waals surface area contributed by atoms with Crippen LogP contribution in [0.15, 0.2) is 47.0 Å². The normalized spacial score (nSPS) is 11.0. The number of ether oxygens (including phenoxy) is 1. The van der Waals surface area contributed by atoms with E-state index < -0.39 is 6.09 Å². The lowest BCUT2D eigenvalue weighted by atomic mass is 10.1. The van der Waals surface area contributed by atoms with E-state index in [1.54, 1.807) is 10.6 Å². The lowest BCUT2D eigenvalue weighted by Crippen LogP contribution is -2.08. The van der Waals surface area contributed by atoms with E-state index in [4.69, 9.17) is 14.4 Å². The van der Waals surface area contributed by atoms with Crippen molar-refractivity contribution >= 4 is 17.7 Å². The van der Waals surface area contributed by atoms with Gasteiger partial charge in [-0.05, 0) is 50.2 Å². The van der Waals surface area contributed by atoms with Gasteiger partial charge in [0, 0.05) is 17.5 Å². The van der Waals surface area contributed by atoms with Crippen molar-refractivity contribution in [3.63, 3.8) is 0 Å². The Balaban J connectivity index is 1.49. The second-order valence-electron chi connectivity index (χ2n) is 6.47. The van der Waals surface area contributed by atoms with Gasteiger partial charge >= 0.3 is 6.09 Å². The Bertz CT molecular complexity index is 1140. The number of pyridine rings is 1. The van der Waals surface area contributed by atoms with Crippen molar-refractivity contribution in [1.29, 1.82) is 0 Å². The van der Waals surface area contributed by atoms with E-state index in [0.717, 1.165) is 40.4 Å². The maximum Gasteiger partial charge on any atom is 0.411 e. The predicted octanol–water partition coefficient (Wildman–Crippen LogP) is 3.71. The number of aryl methyl sites for hydroxylation is 2. The molecule has 0 aliphatic rings. The maximum absolute atomic E-state index is 10.8. The van der Waals surface area contributed by atoms with Gasteiger partial charge in [0.1, 0.15) is 11.5 Å². The molecule has 0 aliphatic heterocycles. The first-order valence-electron chi connectivity index (χ1n) is 9.02. The molecule has 9 nitrogen and oxygen atoms in total. The maximum atomic E-state index is 10.8. The Kier molecular flexibility index (Phi) is 4.86. The number of nitrogens with zero attached hydrogens (tertiary/aromatic N) is 4. The fraction of sp³-hybridized carbons (Fsp3) is 0.200. The number of carboxylic acid groups (broad SMARTS) is 1. The molecule has 1 amide bonds. The van der Waals surface area contributed by atoms with Gasteiger partial charge in [-0.15, -0.1) is 5.10 Å². The van der Waals surface area contributed by atoms with Crippen molar-refractivity contribution in [2.75, 3.05) is 11.9 Å². The summed E-state index contributed by atoms with van der Waals surface area (Å²) in [5.41, 5.74) is 4.20. The molecule has 29 heavy (non-hydrogen) atoms. The number of carbonyl (C=O) groups is 1. The molecule has 0 bridgehead atoms. The van der Waals surface area contributed by atoms with E-state index in [1.165, 1.54) is 0 Å². The minimum atomic E-state index is -1.21. The van der Waals surface area contributed by atoms with Crippen molar-refractivity contribution in [1.82, 2.24) is 19.8 Å². The van der Waals surface area contributed by atoms with Crippen LogP contribution >= 0.6 is 0 Å². The quantitative estimate of drug-likeness (QED) is 0.513. The van der Waals surface area contributed by atoms with Gasteiger partial charge in [-0.1, -0.05) is 11.2 Å². The minimum absolute atomic E-state index is 0.0317. The van der Waals surface area contributed by atoms with E-state index in [1.807, 2.05) is 50.2 Å². The second kappa shape index (κ2) is 7.63. The Labute approximate surface area is 165 Å². The fourth-order valence-corrected chi connectivity index (χ4v) is 3.12. The van der Waals surface area contributed by atoms with Crippen molar-refractivity contribution in [2.45, 2.75) is 20.3 Å². The molecule has 0 fully saturated rings. The summed E-state index contributed by atoms with van der Waals surface area (Å²) in [5.74, 6) is 1.60. The molecule has 0 unspecified atom stereocenters. The molecule has 0 spiro atoms. The molecule has 0 saturated heterocycles. The lowest BCUT2D eigenvalue weighted by molar-refractivity contribution is 0.209. The van der Waals surface area contributed by atoms with Crippen LogP contribution in [0.1, 0.15) is 17.0 Å². The first kappa shape index (κ1) is 18.5. The molecule has 4 rings (SSSR count). The van der Waals surface area contributed by atoms with Crippen molar-refractivity contribution in [3.8, 4) is 17.0 Å². The summed E-state index contributed by atoms with van der Waals surface area (Å²) in [5, 5.41) is 19.2. The number of benzene rings is 1. The predicted molar refractivity (Wildman–Crippen MR) is 105 cm³/mol. The van der Waals surface area contributed by atoms with Crippen LogP contribution in [-0.4, -0.2) is 37.6 Å². The van der Waals surface area contributed by atoms with Gasteiger partial charge in [-0.2, -0.15) is 4.98 Å². The van der Waals surface area contributed by atoms with Crippen LogP contribution in [0, 0.1) is 13.8 Å².